The Hall–Kier alpha value is -2.77. The molecule has 8 heteroatoms. The Morgan fingerprint density at radius 2 is 1.67 bits per heavy atom. The number of guanidine groups is 1. The third kappa shape index (κ3) is 9.15. The molecule has 0 heterocycles. The molecule has 0 spiro atoms. The Morgan fingerprint density at radius 1 is 1.07 bits per heavy atom. The summed E-state index contributed by atoms with van der Waals surface area (Å²) in [4.78, 5) is 30.2. The monoisotopic (exact) mass is 420 g/mol. The number of anilines is 1. The summed E-state index contributed by atoms with van der Waals surface area (Å²) in [6, 6.07) is 5.71. The summed E-state index contributed by atoms with van der Waals surface area (Å²) in [6.07, 6.45) is -0.972. The Balaban J connectivity index is 2.94. The lowest BCUT2D eigenvalue weighted by Crippen LogP contribution is -2.40. The Morgan fingerprint density at radius 3 is 2.20 bits per heavy atom. The number of carbonyl (C=O) groups is 2. The van der Waals surface area contributed by atoms with E-state index in [4.69, 9.17) is 9.47 Å². The summed E-state index contributed by atoms with van der Waals surface area (Å²) in [5.41, 5.74) is 1.49. The molecule has 0 radical (unpaired) electrons. The molecular weight excluding hydrogens is 384 g/mol. The minimum Gasteiger partial charge on any atom is -0.444 e. The largest absolute Gasteiger partial charge is 0.444 e. The molecule has 0 bridgehead atoms. The predicted molar refractivity (Wildman–Crippen MR) is 120 cm³/mol. The normalized spacial score (nSPS) is 12.2. The van der Waals surface area contributed by atoms with Crippen molar-refractivity contribution in [3.63, 3.8) is 0 Å². The maximum atomic E-state index is 12.3. The van der Waals surface area contributed by atoms with Crippen LogP contribution in [0.4, 0.5) is 15.3 Å². The first-order valence-corrected chi connectivity index (χ1v) is 10.1. The van der Waals surface area contributed by atoms with Crippen molar-refractivity contribution in [2.45, 2.75) is 73.1 Å². The molecule has 1 aromatic carbocycles. The highest BCUT2D eigenvalue weighted by atomic mass is 16.6. The van der Waals surface area contributed by atoms with Crippen molar-refractivity contribution < 1.29 is 19.1 Å². The first kappa shape index (κ1) is 25.3. The number of alkyl carbamates (subject to hydrolysis) is 1. The van der Waals surface area contributed by atoms with Gasteiger partial charge in [0.25, 0.3) is 0 Å². The maximum Gasteiger partial charge on any atom is 0.414 e. The molecule has 0 aromatic heterocycles. The predicted octanol–water partition coefficient (Wildman–Crippen LogP) is 4.67. The zero-order chi connectivity index (χ0) is 23.1. The van der Waals surface area contributed by atoms with Crippen LogP contribution in [0.3, 0.4) is 0 Å². The number of rotatable bonds is 4. The van der Waals surface area contributed by atoms with Crippen molar-refractivity contribution in [1.29, 1.82) is 0 Å². The first-order chi connectivity index (χ1) is 13.7. The van der Waals surface area contributed by atoms with E-state index in [0.717, 1.165) is 16.8 Å². The maximum absolute atomic E-state index is 12.3. The third-order valence-corrected chi connectivity index (χ3v) is 3.75. The first-order valence-electron chi connectivity index (χ1n) is 10.1. The zero-order valence-corrected chi connectivity index (χ0v) is 19.7. The highest BCUT2D eigenvalue weighted by molar-refractivity contribution is 6.02. The van der Waals surface area contributed by atoms with Crippen LogP contribution in [0.2, 0.25) is 0 Å². The van der Waals surface area contributed by atoms with Crippen LogP contribution in [0.5, 0.6) is 0 Å². The van der Waals surface area contributed by atoms with Gasteiger partial charge < -0.3 is 19.7 Å². The molecule has 2 amide bonds. The van der Waals surface area contributed by atoms with Gasteiger partial charge in [0.2, 0.25) is 5.96 Å². The van der Waals surface area contributed by atoms with Crippen molar-refractivity contribution in [3.05, 3.63) is 29.3 Å². The molecule has 30 heavy (non-hydrogen) atoms. The van der Waals surface area contributed by atoms with Gasteiger partial charge in [0.1, 0.15) is 11.2 Å². The Kier molecular flexibility index (Phi) is 8.69. The van der Waals surface area contributed by atoms with Crippen LogP contribution in [0.25, 0.3) is 0 Å². The summed E-state index contributed by atoms with van der Waals surface area (Å²) >= 11 is 0. The minimum absolute atomic E-state index is 0.299. The molecule has 0 saturated carbocycles. The van der Waals surface area contributed by atoms with E-state index in [1.165, 1.54) is 4.90 Å². The summed E-state index contributed by atoms with van der Waals surface area (Å²) in [5.74, 6) is 0.299. The van der Waals surface area contributed by atoms with Crippen molar-refractivity contribution in [1.82, 2.24) is 10.2 Å². The number of ether oxygens (including phenoxy) is 2. The highest BCUT2D eigenvalue weighted by Crippen LogP contribution is 2.21. The molecule has 0 aliphatic carbocycles. The van der Waals surface area contributed by atoms with Gasteiger partial charge in [-0.2, -0.15) is 0 Å². The van der Waals surface area contributed by atoms with Gasteiger partial charge in [0.05, 0.1) is 0 Å². The topological polar surface area (TPSA) is 92.3 Å². The third-order valence-electron chi connectivity index (χ3n) is 3.75. The quantitative estimate of drug-likeness (QED) is 0.545. The summed E-state index contributed by atoms with van der Waals surface area (Å²) in [5, 5.41) is 5.80. The van der Waals surface area contributed by atoms with Gasteiger partial charge in [-0.15, -0.1) is 0 Å². The number of aliphatic imine (C=N–C) groups is 1. The van der Waals surface area contributed by atoms with Crippen LogP contribution in [-0.4, -0.2) is 47.8 Å². The zero-order valence-electron chi connectivity index (χ0n) is 19.7. The molecule has 0 aliphatic heterocycles. The van der Waals surface area contributed by atoms with Crippen molar-refractivity contribution in [2.75, 3.05) is 18.9 Å². The number of carbonyl (C=O) groups excluding carboxylic acids is 2. The van der Waals surface area contributed by atoms with Crippen LogP contribution in [-0.2, 0) is 16.0 Å². The molecule has 8 nitrogen and oxygen atoms in total. The average molecular weight is 421 g/mol. The molecule has 0 atom stereocenters. The molecule has 2 N–H and O–H groups in total. The van der Waals surface area contributed by atoms with Crippen molar-refractivity contribution >= 4 is 23.8 Å². The number of hydrogen-bond donors (Lipinski definition) is 2. The van der Waals surface area contributed by atoms with Gasteiger partial charge in [-0.3, -0.25) is 10.3 Å². The van der Waals surface area contributed by atoms with E-state index in [9.17, 15) is 9.59 Å². The number of amides is 2. The van der Waals surface area contributed by atoms with Crippen LogP contribution in [0.1, 0.15) is 59.6 Å². The average Bonchev–Trinajstić information content (AvgIpc) is 2.55. The van der Waals surface area contributed by atoms with Gasteiger partial charge >= 0.3 is 12.2 Å². The molecule has 0 fully saturated rings. The molecule has 1 rings (SSSR count). The van der Waals surface area contributed by atoms with Crippen LogP contribution < -0.4 is 10.6 Å². The molecular formula is C22H36N4O4. The van der Waals surface area contributed by atoms with Gasteiger partial charge in [0.15, 0.2) is 0 Å². The van der Waals surface area contributed by atoms with Gasteiger partial charge in [-0.25, -0.2) is 9.59 Å². The summed E-state index contributed by atoms with van der Waals surface area (Å²) in [6.45, 7) is 15.6. The smallest absolute Gasteiger partial charge is 0.414 e. The number of benzene rings is 1. The van der Waals surface area contributed by atoms with Gasteiger partial charge in [0, 0.05) is 25.8 Å². The second-order valence-corrected chi connectivity index (χ2v) is 9.00. The van der Waals surface area contributed by atoms with E-state index in [2.05, 4.69) is 15.6 Å². The second kappa shape index (κ2) is 10.3. The fourth-order valence-electron chi connectivity index (χ4n) is 2.45. The second-order valence-electron chi connectivity index (χ2n) is 9.00. The van der Waals surface area contributed by atoms with E-state index in [-0.39, 0.29) is 6.09 Å². The Bertz CT molecular complexity index is 776. The number of nitrogens with one attached hydrogen (secondary N) is 2. The molecule has 0 saturated heterocycles. The molecule has 0 unspecified atom stereocenters. The molecule has 0 aliphatic rings. The van der Waals surface area contributed by atoms with Crippen molar-refractivity contribution in [2.24, 2.45) is 4.99 Å². The standard InChI is InChI=1S/C22H36N4O4/c1-10-23-18(25-19(27)29-21(3,4)5)24-17-13-11-12-16(15(17)2)14-26(9)20(28)30-22(6,7)8/h11-13H,10,14H2,1-9H3,(H2,23,24,25,27). The lowest BCUT2D eigenvalue weighted by Gasteiger charge is -2.25. The molecule has 168 valence electrons. The fourth-order valence-corrected chi connectivity index (χ4v) is 2.45. The lowest BCUT2D eigenvalue weighted by atomic mass is 10.1. The van der Waals surface area contributed by atoms with Crippen molar-refractivity contribution in [3.8, 4) is 0 Å². The lowest BCUT2D eigenvalue weighted by molar-refractivity contribution is 0.0284. The van der Waals surface area contributed by atoms with E-state index in [1.54, 1.807) is 27.8 Å². The Labute approximate surface area is 180 Å². The summed E-state index contributed by atoms with van der Waals surface area (Å²) in [7, 11) is 1.70. The number of nitrogens with zero attached hydrogens (tertiary/aromatic N) is 2. The fraction of sp³-hybridized carbons (Fsp3) is 0.591. The van der Waals surface area contributed by atoms with Crippen LogP contribution in [0.15, 0.2) is 23.2 Å². The summed E-state index contributed by atoms with van der Waals surface area (Å²) < 4.78 is 10.7. The van der Waals surface area contributed by atoms with E-state index < -0.39 is 17.3 Å². The van der Waals surface area contributed by atoms with Gasteiger partial charge in [-0.1, -0.05) is 12.1 Å². The molecule has 1 aromatic rings. The van der Waals surface area contributed by atoms with Crippen LogP contribution in [0, 0.1) is 6.92 Å². The van der Waals surface area contributed by atoms with Crippen LogP contribution >= 0.6 is 0 Å². The van der Waals surface area contributed by atoms with E-state index in [0.29, 0.717) is 19.0 Å². The van der Waals surface area contributed by atoms with E-state index in [1.807, 2.05) is 52.8 Å². The van der Waals surface area contributed by atoms with E-state index >= 15 is 0 Å². The SMILES string of the molecule is CCN=C(NC(=O)OC(C)(C)C)Nc1cccc(CN(C)C(=O)OC(C)(C)C)c1C. The number of hydrogen-bond acceptors (Lipinski definition) is 5. The van der Waals surface area contributed by atoms with Gasteiger partial charge in [-0.05, 0) is 72.6 Å². The minimum atomic E-state index is -0.608. The highest BCUT2D eigenvalue weighted by Gasteiger charge is 2.21.